The van der Waals surface area contributed by atoms with Crippen LogP contribution < -0.4 is 0 Å². The van der Waals surface area contributed by atoms with Crippen molar-refractivity contribution >= 4 is 17.6 Å². The maximum atomic E-state index is 11.4. The van der Waals surface area contributed by atoms with Crippen LogP contribution in [0.1, 0.15) is 22.9 Å². The third-order valence-corrected chi connectivity index (χ3v) is 4.31. The molecule has 17 heavy (non-hydrogen) atoms. The molecule has 0 aliphatic carbocycles. The zero-order valence-corrected chi connectivity index (χ0v) is 11.0. The molecule has 0 aliphatic rings. The van der Waals surface area contributed by atoms with Gasteiger partial charge in [0.1, 0.15) is 6.29 Å². The van der Waals surface area contributed by atoms with Crippen LogP contribution in [0.2, 0.25) is 0 Å². The minimum Gasteiger partial charge on any atom is -0.302 e. The third kappa shape index (κ3) is 2.47. The number of aldehydes is 1. The Bertz CT molecular complexity index is 501. The van der Waals surface area contributed by atoms with E-state index in [0.717, 1.165) is 17.6 Å². The van der Waals surface area contributed by atoms with Gasteiger partial charge in [-0.1, -0.05) is 30.3 Å². The monoisotopic (exact) mass is 244 g/mol. The molecule has 0 amide bonds. The summed E-state index contributed by atoms with van der Waals surface area (Å²) in [7, 11) is 0. The van der Waals surface area contributed by atoms with Crippen molar-refractivity contribution in [2.24, 2.45) is 0 Å². The fraction of sp³-hybridized carbons (Fsp3) is 0.267. The van der Waals surface area contributed by atoms with E-state index in [0.29, 0.717) is 0 Å². The highest BCUT2D eigenvalue weighted by Crippen LogP contribution is 2.30. The lowest BCUT2D eigenvalue weighted by Crippen LogP contribution is -2.25. The van der Waals surface area contributed by atoms with Crippen LogP contribution in [-0.4, -0.2) is 6.29 Å². The molecule has 0 N–H and O–H groups in total. The smallest absolute Gasteiger partial charge is 0.131 e. The van der Waals surface area contributed by atoms with E-state index in [4.69, 9.17) is 0 Å². The van der Waals surface area contributed by atoms with Gasteiger partial charge >= 0.3 is 0 Å². The zero-order valence-electron chi connectivity index (χ0n) is 10.1. The molecule has 0 bridgehead atoms. The molecule has 0 aliphatic heterocycles. The molecule has 2 rings (SSSR count). The van der Waals surface area contributed by atoms with Crippen molar-refractivity contribution in [3.8, 4) is 0 Å². The van der Waals surface area contributed by atoms with Gasteiger partial charge in [-0.05, 0) is 42.8 Å². The van der Waals surface area contributed by atoms with Crippen LogP contribution in [0.5, 0.6) is 0 Å². The van der Waals surface area contributed by atoms with Crippen molar-refractivity contribution in [1.29, 1.82) is 0 Å². The van der Waals surface area contributed by atoms with Crippen LogP contribution in [0, 0.1) is 6.92 Å². The minimum atomic E-state index is -0.403. The number of thiophene rings is 1. The van der Waals surface area contributed by atoms with Crippen LogP contribution >= 0.6 is 11.3 Å². The van der Waals surface area contributed by atoms with Gasteiger partial charge in [0.2, 0.25) is 0 Å². The molecule has 1 nitrogen and oxygen atoms in total. The highest BCUT2D eigenvalue weighted by Gasteiger charge is 2.27. The number of hydrogen-bond acceptors (Lipinski definition) is 2. The summed E-state index contributed by atoms with van der Waals surface area (Å²) < 4.78 is 0. The Hall–Kier alpha value is -1.41. The second kappa shape index (κ2) is 4.84. The standard InChI is InChI=1S/C15H16OS/c1-12-6-3-4-7-13(12)10-15(2,11-16)14-8-5-9-17-14/h3-9,11H,10H2,1-2H3. The molecule has 1 heterocycles. The molecule has 1 unspecified atom stereocenters. The fourth-order valence-electron chi connectivity index (χ4n) is 1.99. The zero-order chi connectivity index (χ0) is 12.3. The second-order valence-electron chi connectivity index (χ2n) is 4.62. The van der Waals surface area contributed by atoms with E-state index in [1.165, 1.54) is 11.1 Å². The van der Waals surface area contributed by atoms with Crippen molar-refractivity contribution in [3.05, 3.63) is 57.8 Å². The molecule has 0 radical (unpaired) electrons. The molecule has 2 aromatic rings. The largest absolute Gasteiger partial charge is 0.302 e. The number of hydrogen-bond donors (Lipinski definition) is 0. The maximum absolute atomic E-state index is 11.4. The summed E-state index contributed by atoms with van der Waals surface area (Å²) in [4.78, 5) is 12.6. The third-order valence-electron chi connectivity index (χ3n) is 3.16. The highest BCUT2D eigenvalue weighted by molar-refractivity contribution is 7.10. The summed E-state index contributed by atoms with van der Waals surface area (Å²) in [5, 5.41) is 2.02. The first-order valence-corrected chi connectivity index (χ1v) is 6.58. The van der Waals surface area contributed by atoms with Crippen molar-refractivity contribution in [2.45, 2.75) is 25.7 Å². The highest BCUT2D eigenvalue weighted by atomic mass is 32.1. The van der Waals surface area contributed by atoms with Gasteiger partial charge in [-0.2, -0.15) is 0 Å². The summed E-state index contributed by atoms with van der Waals surface area (Å²) in [5.41, 5.74) is 2.09. The van der Waals surface area contributed by atoms with Crippen LogP contribution in [0.15, 0.2) is 41.8 Å². The van der Waals surface area contributed by atoms with E-state index in [1.807, 2.05) is 36.6 Å². The molecule has 88 valence electrons. The van der Waals surface area contributed by atoms with E-state index < -0.39 is 5.41 Å². The SMILES string of the molecule is Cc1ccccc1CC(C)(C=O)c1cccs1. The first kappa shape index (κ1) is 12.1. The quantitative estimate of drug-likeness (QED) is 0.748. The van der Waals surface area contributed by atoms with Gasteiger partial charge in [-0.25, -0.2) is 0 Å². The van der Waals surface area contributed by atoms with Crippen molar-refractivity contribution in [2.75, 3.05) is 0 Å². The van der Waals surface area contributed by atoms with E-state index in [-0.39, 0.29) is 0 Å². The molecule has 1 aromatic carbocycles. The van der Waals surface area contributed by atoms with Crippen LogP contribution in [-0.2, 0) is 16.6 Å². The first-order chi connectivity index (χ1) is 8.15. The van der Waals surface area contributed by atoms with Crippen molar-refractivity contribution in [3.63, 3.8) is 0 Å². The van der Waals surface area contributed by atoms with Crippen molar-refractivity contribution < 1.29 is 4.79 Å². The molecule has 1 aromatic heterocycles. The molecular formula is C15H16OS. The summed E-state index contributed by atoms with van der Waals surface area (Å²) >= 11 is 1.65. The molecular weight excluding hydrogens is 228 g/mol. The minimum absolute atomic E-state index is 0.403. The Balaban J connectivity index is 2.33. The lowest BCUT2D eigenvalue weighted by Gasteiger charge is -2.22. The fourth-order valence-corrected chi connectivity index (χ4v) is 2.84. The number of aryl methyl sites for hydroxylation is 1. The molecule has 0 saturated carbocycles. The van der Waals surface area contributed by atoms with Gasteiger partial charge in [-0.15, -0.1) is 11.3 Å². The summed E-state index contributed by atoms with van der Waals surface area (Å²) in [5.74, 6) is 0. The molecule has 2 heteroatoms. The number of carbonyl (C=O) groups is 1. The molecule has 0 fully saturated rings. The van der Waals surface area contributed by atoms with E-state index >= 15 is 0 Å². The Morgan fingerprint density at radius 3 is 2.59 bits per heavy atom. The molecule has 0 saturated heterocycles. The van der Waals surface area contributed by atoms with Gasteiger partial charge < -0.3 is 4.79 Å². The van der Waals surface area contributed by atoms with Gasteiger partial charge in [-0.3, -0.25) is 0 Å². The Labute approximate surface area is 106 Å². The average molecular weight is 244 g/mol. The van der Waals surface area contributed by atoms with Crippen LogP contribution in [0.3, 0.4) is 0 Å². The lowest BCUT2D eigenvalue weighted by molar-refractivity contribution is -0.112. The van der Waals surface area contributed by atoms with Gasteiger partial charge in [0.15, 0.2) is 0 Å². The number of rotatable bonds is 4. The normalized spacial score (nSPS) is 14.2. The Morgan fingerprint density at radius 1 is 1.24 bits per heavy atom. The van der Waals surface area contributed by atoms with Crippen molar-refractivity contribution in [1.82, 2.24) is 0 Å². The average Bonchev–Trinajstić information content (AvgIpc) is 2.86. The van der Waals surface area contributed by atoms with E-state index in [9.17, 15) is 4.79 Å². The Kier molecular flexibility index (Phi) is 3.43. The van der Waals surface area contributed by atoms with E-state index in [1.54, 1.807) is 11.3 Å². The first-order valence-electron chi connectivity index (χ1n) is 5.70. The lowest BCUT2D eigenvalue weighted by atomic mass is 9.82. The van der Waals surface area contributed by atoms with Gasteiger partial charge in [0, 0.05) is 4.88 Å². The predicted octanol–water partition coefficient (Wildman–Crippen LogP) is 3.76. The molecule has 0 spiro atoms. The van der Waals surface area contributed by atoms with E-state index in [2.05, 4.69) is 19.1 Å². The topological polar surface area (TPSA) is 17.1 Å². The summed E-state index contributed by atoms with van der Waals surface area (Å²) in [6.45, 7) is 4.10. The maximum Gasteiger partial charge on any atom is 0.131 e. The number of benzene rings is 1. The predicted molar refractivity (Wildman–Crippen MR) is 72.6 cm³/mol. The summed E-state index contributed by atoms with van der Waals surface area (Å²) in [6.07, 6.45) is 1.84. The van der Waals surface area contributed by atoms with Gasteiger partial charge in [0.25, 0.3) is 0 Å². The van der Waals surface area contributed by atoms with Crippen LogP contribution in [0.25, 0.3) is 0 Å². The van der Waals surface area contributed by atoms with Gasteiger partial charge in [0.05, 0.1) is 5.41 Å². The molecule has 1 atom stereocenters. The number of carbonyl (C=O) groups excluding carboxylic acids is 1. The Morgan fingerprint density at radius 2 is 2.00 bits per heavy atom. The second-order valence-corrected chi connectivity index (χ2v) is 5.56. The van der Waals surface area contributed by atoms with Crippen LogP contribution in [0.4, 0.5) is 0 Å². The summed E-state index contributed by atoms with van der Waals surface area (Å²) in [6, 6.07) is 12.3.